The SMILES string of the molecule is CC(C)C(C)(O)CNC(=O)Nc1ccc(F)cc1OC(F)F. The zero-order valence-electron chi connectivity index (χ0n) is 12.5. The minimum absolute atomic E-state index is 0.0390. The van der Waals surface area contributed by atoms with Crippen LogP contribution < -0.4 is 15.4 Å². The molecule has 0 aliphatic heterocycles. The minimum Gasteiger partial charge on any atom is -0.432 e. The van der Waals surface area contributed by atoms with Crippen LogP contribution in [-0.4, -0.2) is 29.9 Å². The first kappa shape index (κ1) is 18.1. The molecule has 5 nitrogen and oxygen atoms in total. The second kappa shape index (κ2) is 7.35. The van der Waals surface area contributed by atoms with Gasteiger partial charge in [0.1, 0.15) is 5.82 Å². The Hall–Kier alpha value is -1.96. The number of benzene rings is 1. The van der Waals surface area contributed by atoms with E-state index in [2.05, 4.69) is 15.4 Å². The summed E-state index contributed by atoms with van der Waals surface area (Å²) in [7, 11) is 0. The van der Waals surface area contributed by atoms with Gasteiger partial charge in [0.25, 0.3) is 0 Å². The maximum Gasteiger partial charge on any atom is 0.387 e. The lowest BCUT2D eigenvalue weighted by Crippen LogP contribution is -2.45. The number of urea groups is 1. The molecule has 0 aliphatic carbocycles. The molecule has 2 amide bonds. The largest absolute Gasteiger partial charge is 0.432 e. The lowest BCUT2D eigenvalue weighted by molar-refractivity contribution is -0.0495. The van der Waals surface area contributed by atoms with E-state index in [1.54, 1.807) is 20.8 Å². The van der Waals surface area contributed by atoms with E-state index in [4.69, 9.17) is 0 Å². The van der Waals surface area contributed by atoms with E-state index in [0.717, 1.165) is 18.2 Å². The molecule has 0 radical (unpaired) electrons. The fourth-order valence-electron chi connectivity index (χ4n) is 1.42. The summed E-state index contributed by atoms with van der Waals surface area (Å²) in [6.45, 7) is 1.94. The third-order valence-electron chi connectivity index (χ3n) is 3.26. The first-order valence-electron chi connectivity index (χ1n) is 6.63. The number of amides is 2. The van der Waals surface area contributed by atoms with Crippen molar-refractivity contribution in [2.75, 3.05) is 11.9 Å². The van der Waals surface area contributed by atoms with Gasteiger partial charge in [-0.25, -0.2) is 9.18 Å². The number of nitrogens with one attached hydrogen (secondary N) is 2. The van der Waals surface area contributed by atoms with E-state index < -0.39 is 29.8 Å². The van der Waals surface area contributed by atoms with Crippen LogP contribution in [0.25, 0.3) is 0 Å². The number of aliphatic hydroxyl groups is 1. The molecular weight excluding hydrogens is 301 g/mol. The minimum atomic E-state index is -3.15. The van der Waals surface area contributed by atoms with Gasteiger partial charge in [-0.05, 0) is 25.0 Å². The maximum atomic E-state index is 13.0. The quantitative estimate of drug-likeness (QED) is 0.755. The summed E-state index contributed by atoms with van der Waals surface area (Å²) in [6, 6.07) is 2.11. The van der Waals surface area contributed by atoms with Gasteiger partial charge in [0.15, 0.2) is 5.75 Å². The van der Waals surface area contributed by atoms with Crippen LogP contribution in [0.3, 0.4) is 0 Å². The summed E-state index contributed by atoms with van der Waals surface area (Å²) in [5.74, 6) is -1.36. The number of rotatable bonds is 6. The average Bonchev–Trinajstić information content (AvgIpc) is 2.39. The molecule has 124 valence electrons. The molecule has 1 atom stereocenters. The van der Waals surface area contributed by atoms with Gasteiger partial charge >= 0.3 is 12.6 Å². The Morgan fingerprint density at radius 2 is 2.05 bits per heavy atom. The second-order valence-corrected chi connectivity index (χ2v) is 5.34. The van der Waals surface area contributed by atoms with Crippen LogP contribution >= 0.6 is 0 Å². The van der Waals surface area contributed by atoms with E-state index in [9.17, 15) is 23.1 Å². The fourth-order valence-corrected chi connectivity index (χ4v) is 1.42. The van der Waals surface area contributed by atoms with Crippen molar-refractivity contribution in [2.24, 2.45) is 5.92 Å². The van der Waals surface area contributed by atoms with Gasteiger partial charge in [-0.2, -0.15) is 8.78 Å². The highest BCUT2D eigenvalue weighted by Crippen LogP contribution is 2.27. The predicted molar refractivity (Wildman–Crippen MR) is 75.5 cm³/mol. The van der Waals surface area contributed by atoms with Gasteiger partial charge in [0.05, 0.1) is 11.3 Å². The van der Waals surface area contributed by atoms with Crippen LogP contribution in [0.2, 0.25) is 0 Å². The Bertz CT molecular complexity index is 522. The summed E-state index contributed by atoms with van der Waals surface area (Å²) >= 11 is 0. The van der Waals surface area contributed by atoms with Gasteiger partial charge in [-0.15, -0.1) is 0 Å². The second-order valence-electron chi connectivity index (χ2n) is 5.34. The standard InChI is InChI=1S/C14H19F3N2O3/c1-8(2)14(3,21)7-18-13(20)19-10-5-4-9(15)6-11(10)22-12(16)17/h4-6,8,12,21H,7H2,1-3H3,(H2,18,19,20). The highest BCUT2D eigenvalue weighted by atomic mass is 19.3. The molecule has 0 heterocycles. The summed E-state index contributed by atoms with van der Waals surface area (Å²) in [5, 5.41) is 14.7. The number of hydrogen-bond donors (Lipinski definition) is 3. The molecule has 0 bridgehead atoms. The number of carbonyl (C=O) groups excluding carboxylic acids is 1. The summed E-state index contributed by atoms with van der Waals surface area (Å²) < 4.78 is 41.7. The van der Waals surface area contributed by atoms with Gasteiger partial charge in [0, 0.05) is 12.6 Å². The number of carbonyl (C=O) groups is 1. The number of ether oxygens (including phenoxy) is 1. The van der Waals surface area contributed by atoms with Crippen molar-refractivity contribution in [3.8, 4) is 5.75 Å². The Labute approximate surface area is 126 Å². The highest BCUT2D eigenvalue weighted by molar-refractivity contribution is 5.90. The van der Waals surface area contributed by atoms with Crippen molar-refractivity contribution in [1.82, 2.24) is 5.32 Å². The van der Waals surface area contributed by atoms with E-state index >= 15 is 0 Å². The van der Waals surface area contributed by atoms with Gasteiger partial charge in [-0.3, -0.25) is 0 Å². The van der Waals surface area contributed by atoms with E-state index in [1.165, 1.54) is 0 Å². The van der Waals surface area contributed by atoms with Gasteiger partial charge in [-0.1, -0.05) is 13.8 Å². The molecule has 0 saturated carbocycles. The molecule has 1 unspecified atom stereocenters. The number of anilines is 1. The molecule has 0 aliphatic rings. The number of hydrogen-bond acceptors (Lipinski definition) is 3. The topological polar surface area (TPSA) is 70.6 Å². The Morgan fingerprint density at radius 3 is 2.59 bits per heavy atom. The molecule has 8 heteroatoms. The summed E-state index contributed by atoms with van der Waals surface area (Å²) in [5.41, 5.74) is -1.23. The van der Waals surface area contributed by atoms with Crippen LogP contribution in [0.5, 0.6) is 5.75 Å². The van der Waals surface area contributed by atoms with E-state index in [0.29, 0.717) is 0 Å². The van der Waals surface area contributed by atoms with Gasteiger partial charge < -0.3 is 20.5 Å². The van der Waals surface area contributed by atoms with Crippen molar-refractivity contribution < 1.29 is 27.8 Å². The van der Waals surface area contributed by atoms with Crippen LogP contribution in [0, 0.1) is 11.7 Å². The monoisotopic (exact) mass is 320 g/mol. The van der Waals surface area contributed by atoms with Crippen molar-refractivity contribution in [3.05, 3.63) is 24.0 Å². The average molecular weight is 320 g/mol. The van der Waals surface area contributed by atoms with E-state index in [1.807, 2.05) is 0 Å². The molecule has 1 aromatic carbocycles. The smallest absolute Gasteiger partial charge is 0.387 e. The van der Waals surface area contributed by atoms with Crippen molar-refractivity contribution in [2.45, 2.75) is 33.0 Å². The van der Waals surface area contributed by atoms with Crippen LogP contribution in [0.15, 0.2) is 18.2 Å². The first-order valence-corrected chi connectivity index (χ1v) is 6.63. The molecule has 22 heavy (non-hydrogen) atoms. The zero-order valence-corrected chi connectivity index (χ0v) is 12.5. The van der Waals surface area contributed by atoms with Crippen LogP contribution in [-0.2, 0) is 0 Å². The predicted octanol–water partition coefficient (Wildman–Crippen LogP) is 2.96. The maximum absolute atomic E-state index is 13.0. The lowest BCUT2D eigenvalue weighted by atomic mass is 9.93. The highest BCUT2D eigenvalue weighted by Gasteiger charge is 2.25. The van der Waals surface area contributed by atoms with Crippen molar-refractivity contribution in [3.63, 3.8) is 0 Å². The van der Waals surface area contributed by atoms with Crippen molar-refractivity contribution >= 4 is 11.7 Å². The summed E-state index contributed by atoms with van der Waals surface area (Å²) in [6.07, 6.45) is 0. The molecule has 1 rings (SSSR count). The Morgan fingerprint density at radius 1 is 1.41 bits per heavy atom. The normalized spacial score (nSPS) is 13.9. The van der Waals surface area contributed by atoms with Crippen LogP contribution in [0.1, 0.15) is 20.8 Å². The Kier molecular flexibility index (Phi) is 6.04. The molecule has 3 N–H and O–H groups in total. The van der Waals surface area contributed by atoms with Crippen molar-refractivity contribution in [1.29, 1.82) is 0 Å². The lowest BCUT2D eigenvalue weighted by Gasteiger charge is -2.27. The summed E-state index contributed by atoms with van der Waals surface area (Å²) in [4.78, 5) is 11.7. The number of alkyl halides is 2. The Balaban J connectivity index is 2.72. The fraction of sp³-hybridized carbons (Fsp3) is 0.500. The first-order chi connectivity index (χ1) is 10.1. The number of halogens is 3. The third kappa shape index (κ3) is 5.44. The van der Waals surface area contributed by atoms with Crippen LogP contribution in [0.4, 0.5) is 23.7 Å². The molecular formula is C14H19F3N2O3. The van der Waals surface area contributed by atoms with Gasteiger partial charge in [0.2, 0.25) is 0 Å². The van der Waals surface area contributed by atoms with E-state index in [-0.39, 0.29) is 18.2 Å². The zero-order chi connectivity index (χ0) is 16.9. The molecule has 0 aromatic heterocycles. The molecule has 0 fully saturated rings. The third-order valence-corrected chi connectivity index (χ3v) is 3.26. The molecule has 1 aromatic rings. The molecule has 0 saturated heterocycles. The molecule has 0 spiro atoms.